The molecule has 2 N–H and O–H groups in total. The summed E-state index contributed by atoms with van der Waals surface area (Å²) in [7, 11) is 1.84. The maximum atomic E-state index is 6.10. The lowest BCUT2D eigenvalue weighted by atomic mass is 9.79. The minimum Gasteiger partial charge on any atom is -0.380 e. The average Bonchev–Trinajstić information content (AvgIpc) is 3.08. The summed E-state index contributed by atoms with van der Waals surface area (Å²) in [6, 6.07) is 0. The molecule has 0 amide bonds. The first kappa shape index (κ1) is 13.3. The Morgan fingerprint density at radius 1 is 1.47 bits per heavy atom. The van der Waals surface area contributed by atoms with Gasteiger partial charge in [-0.15, -0.1) is 0 Å². The van der Waals surface area contributed by atoms with Crippen LogP contribution in [0.4, 0.5) is 0 Å². The molecule has 0 aromatic rings. The van der Waals surface area contributed by atoms with Crippen LogP contribution in [-0.2, 0) is 4.74 Å². The van der Waals surface area contributed by atoms with E-state index in [1.165, 1.54) is 25.8 Å². The molecule has 3 unspecified atom stereocenters. The molecule has 3 atom stereocenters. The van der Waals surface area contributed by atoms with Gasteiger partial charge >= 0.3 is 0 Å². The number of nitrogens with zero attached hydrogens (tertiary/aromatic N) is 1. The van der Waals surface area contributed by atoms with E-state index in [2.05, 4.69) is 25.7 Å². The van der Waals surface area contributed by atoms with Gasteiger partial charge in [-0.05, 0) is 44.1 Å². The van der Waals surface area contributed by atoms with Crippen molar-refractivity contribution in [2.75, 3.05) is 26.7 Å². The van der Waals surface area contributed by atoms with E-state index in [0.717, 1.165) is 13.1 Å². The van der Waals surface area contributed by atoms with E-state index in [0.29, 0.717) is 17.4 Å². The third-order valence-corrected chi connectivity index (χ3v) is 5.59. The van der Waals surface area contributed by atoms with Crippen molar-refractivity contribution in [2.24, 2.45) is 17.1 Å². The van der Waals surface area contributed by atoms with Crippen molar-refractivity contribution in [1.29, 1.82) is 0 Å². The van der Waals surface area contributed by atoms with E-state index in [9.17, 15) is 0 Å². The number of piperidine rings is 1. The highest BCUT2D eigenvalue weighted by atomic mass is 16.5. The first-order valence-corrected chi connectivity index (χ1v) is 6.95. The molecule has 1 aliphatic heterocycles. The first-order chi connectivity index (χ1) is 7.97. The fourth-order valence-electron chi connectivity index (χ4n) is 3.27. The number of nitrogens with two attached hydrogens (primary N) is 1. The second-order valence-corrected chi connectivity index (χ2v) is 6.52. The summed E-state index contributed by atoms with van der Waals surface area (Å²) in [5.41, 5.74) is 6.69. The predicted molar refractivity (Wildman–Crippen MR) is 71.0 cm³/mol. The first-order valence-electron chi connectivity index (χ1n) is 6.95. The highest BCUT2D eigenvalue weighted by Gasteiger charge is 2.55. The lowest BCUT2D eigenvalue weighted by Gasteiger charge is -2.50. The Bertz CT molecular complexity index is 277. The van der Waals surface area contributed by atoms with Crippen LogP contribution in [0.25, 0.3) is 0 Å². The molecular formula is C14H28N2O. The third kappa shape index (κ3) is 2.13. The smallest absolute Gasteiger partial charge is 0.0724 e. The average molecular weight is 240 g/mol. The Balaban J connectivity index is 2.10. The summed E-state index contributed by atoms with van der Waals surface area (Å²) in [4.78, 5) is 2.59. The second-order valence-electron chi connectivity index (χ2n) is 6.52. The topological polar surface area (TPSA) is 38.5 Å². The molecule has 0 aromatic carbocycles. The van der Waals surface area contributed by atoms with Gasteiger partial charge in [0.2, 0.25) is 0 Å². The molecule has 0 spiro atoms. The molecule has 0 aromatic heterocycles. The van der Waals surface area contributed by atoms with Crippen LogP contribution < -0.4 is 5.73 Å². The van der Waals surface area contributed by atoms with Crippen molar-refractivity contribution < 1.29 is 4.74 Å². The van der Waals surface area contributed by atoms with Gasteiger partial charge in [-0.2, -0.15) is 0 Å². The minimum atomic E-state index is 0.157. The van der Waals surface area contributed by atoms with E-state index < -0.39 is 0 Å². The zero-order valence-electron chi connectivity index (χ0n) is 11.8. The van der Waals surface area contributed by atoms with Crippen LogP contribution in [0.3, 0.4) is 0 Å². The predicted octanol–water partition coefficient (Wildman–Crippen LogP) is 1.86. The van der Waals surface area contributed by atoms with Crippen molar-refractivity contribution in [3.05, 3.63) is 0 Å². The van der Waals surface area contributed by atoms with E-state index in [-0.39, 0.29) is 5.54 Å². The molecular weight excluding hydrogens is 212 g/mol. The zero-order chi connectivity index (χ0) is 12.7. The van der Waals surface area contributed by atoms with Crippen molar-refractivity contribution in [3.63, 3.8) is 0 Å². The molecule has 2 rings (SSSR count). The molecule has 0 bridgehead atoms. The number of ether oxygens (including phenoxy) is 1. The number of hydrogen-bond donors (Lipinski definition) is 1. The molecule has 3 heteroatoms. The maximum absolute atomic E-state index is 6.10. The van der Waals surface area contributed by atoms with Gasteiger partial charge in [0, 0.05) is 25.7 Å². The lowest BCUT2D eigenvalue weighted by Crippen LogP contribution is -2.61. The molecule has 0 radical (unpaired) electrons. The van der Waals surface area contributed by atoms with Crippen LogP contribution in [0.15, 0.2) is 0 Å². The molecule has 1 saturated carbocycles. The zero-order valence-corrected chi connectivity index (χ0v) is 11.8. The summed E-state index contributed by atoms with van der Waals surface area (Å²) in [6.45, 7) is 10.0. The fraction of sp³-hybridized carbons (Fsp3) is 1.00. The normalized spacial score (nSPS) is 36.5. The molecule has 1 heterocycles. The third-order valence-electron chi connectivity index (χ3n) is 5.59. The van der Waals surface area contributed by atoms with Crippen molar-refractivity contribution in [3.8, 4) is 0 Å². The largest absolute Gasteiger partial charge is 0.380 e. The van der Waals surface area contributed by atoms with E-state index >= 15 is 0 Å². The molecule has 17 heavy (non-hydrogen) atoms. The van der Waals surface area contributed by atoms with Crippen LogP contribution in [-0.4, -0.2) is 43.3 Å². The standard InChI is InChI=1S/C14H28N2O/c1-11-5-8-16(9-12(11)17-4)14(3,10-15)13(2)6-7-13/h11-12H,5-10,15H2,1-4H3. The second kappa shape index (κ2) is 4.52. The Morgan fingerprint density at radius 3 is 2.59 bits per heavy atom. The van der Waals surface area contributed by atoms with Gasteiger partial charge in [0.15, 0.2) is 0 Å². The molecule has 3 nitrogen and oxygen atoms in total. The van der Waals surface area contributed by atoms with Crippen LogP contribution in [0.2, 0.25) is 0 Å². The number of hydrogen-bond acceptors (Lipinski definition) is 3. The Kier molecular flexibility index (Phi) is 3.54. The number of rotatable bonds is 4. The van der Waals surface area contributed by atoms with Gasteiger partial charge in [-0.1, -0.05) is 13.8 Å². The number of likely N-dealkylation sites (tertiary alicyclic amines) is 1. The summed E-state index contributed by atoms with van der Waals surface area (Å²) < 4.78 is 5.62. The van der Waals surface area contributed by atoms with Gasteiger partial charge in [-0.25, -0.2) is 0 Å². The van der Waals surface area contributed by atoms with Crippen molar-refractivity contribution >= 4 is 0 Å². The van der Waals surface area contributed by atoms with Crippen LogP contribution in [0.1, 0.15) is 40.0 Å². The Hall–Kier alpha value is -0.120. The van der Waals surface area contributed by atoms with Crippen LogP contribution in [0.5, 0.6) is 0 Å². The molecule has 2 aliphatic rings. The molecule has 2 fully saturated rings. The van der Waals surface area contributed by atoms with Crippen LogP contribution in [0, 0.1) is 11.3 Å². The molecule has 1 aliphatic carbocycles. The van der Waals surface area contributed by atoms with Gasteiger partial charge in [0.25, 0.3) is 0 Å². The summed E-state index contributed by atoms with van der Waals surface area (Å²) in [5, 5.41) is 0. The van der Waals surface area contributed by atoms with Gasteiger partial charge in [0.1, 0.15) is 0 Å². The van der Waals surface area contributed by atoms with Gasteiger partial charge in [-0.3, -0.25) is 4.90 Å². The number of methoxy groups -OCH3 is 1. The summed E-state index contributed by atoms with van der Waals surface area (Å²) in [5.74, 6) is 0.672. The van der Waals surface area contributed by atoms with Crippen LogP contribution >= 0.6 is 0 Å². The van der Waals surface area contributed by atoms with E-state index in [1.807, 2.05) is 7.11 Å². The Morgan fingerprint density at radius 2 is 2.12 bits per heavy atom. The lowest BCUT2D eigenvalue weighted by molar-refractivity contribution is -0.0588. The summed E-state index contributed by atoms with van der Waals surface area (Å²) >= 11 is 0. The van der Waals surface area contributed by atoms with Crippen molar-refractivity contribution in [2.45, 2.75) is 51.7 Å². The minimum absolute atomic E-state index is 0.157. The summed E-state index contributed by atoms with van der Waals surface area (Å²) in [6.07, 6.45) is 4.25. The Labute approximate surface area is 106 Å². The fourth-order valence-corrected chi connectivity index (χ4v) is 3.27. The monoisotopic (exact) mass is 240 g/mol. The highest BCUT2D eigenvalue weighted by Crippen LogP contribution is 2.56. The molecule has 100 valence electrons. The van der Waals surface area contributed by atoms with E-state index in [1.54, 1.807) is 0 Å². The highest BCUT2D eigenvalue weighted by molar-refractivity contribution is 5.10. The van der Waals surface area contributed by atoms with Crippen molar-refractivity contribution in [1.82, 2.24) is 4.90 Å². The van der Waals surface area contributed by atoms with Gasteiger partial charge < -0.3 is 10.5 Å². The van der Waals surface area contributed by atoms with E-state index in [4.69, 9.17) is 10.5 Å². The van der Waals surface area contributed by atoms with Gasteiger partial charge in [0.05, 0.1) is 6.10 Å². The quantitative estimate of drug-likeness (QED) is 0.815. The SMILES string of the molecule is COC1CN(C(C)(CN)C2(C)CC2)CCC1C. The molecule has 1 saturated heterocycles. The maximum Gasteiger partial charge on any atom is 0.0724 e.